The van der Waals surface area contributed by atoms with Gasteiger partial charge in [0.1, 0.15) is 6.29 Å². The molecule has 1 aromatic rings. The van der Waals surface area contributed by atoms with Crippen LogP contribution in [0.1, 0.15) is 25.0 Å². The Morgan fingerprint density at radius 1 is 1.31 bits per heavy atom. The molecule has 10 heteroatoms. The number of aromatic nitrogens is 2. The summed E-state index contributed by atoms with van der Waals surface area (Å²) in [5, 5.41) is 6.25. The SMILES string of the molecule is Cc1ccc(S(=O)(=O)C2CC(C=O)C(C(=O)N3CCC(F)(F)C3)C2)nn1. The Balaban J connectivity index is 1.79. The van der Waals surface area contributed by atoms with Crippen molar-refractivity contribution in [2.24, 2.45) is 11.8 Å². The molecule has 1 aliphatic carbocycles. The van der Waals surface area contributed by atoms with Gasteiger partial charge in [-0.15, -0.1) is 5.10 Å². The highest BCUT2D eigenvalue weighted by Crippen LogP contribution is 2.39. The number of hydrogen-bond acceptors (Lipinski definition) is 6. The molecule has 1 saturated heterocycles. The third kappa shape index (κ3) is 3.46. The lowest BCUT2D eigenvalue weighted by atomic mass is 9.96. The second-order valence-corrected chi connectivity index (χ2v) is 9.10. The van der Waals surface area contributed by atoms with Crippen molar-refractivity contribution in [3.8, 4) is 0 Å². The number of aldehydes is 1. The molecule has 0 bridgehead atoms. The van der Waals surface area contributed by atoms with Crippen molar-refractivity contribution < 1.29 is 26.8 Å². The lowest BCUT2D eigenvalue weighted by molar-refractivity contribution is -0.138. The number of amides is 1. The Bertz CT molecular complexity index is 813. The fraction of sp³-hybridized carbons (Fsp3) is 0.625. The van der Waals surface area contributed by atoms with Gasteiger partial charge in [-0.3, -0.25) is 4.79 Å². The quantitative estimate of drug-likeness (QED) is 0.716. The second-order valence-electron chi connectivity index (χ2n) is 6.92. The average Bonchev–Trinajstić information content (AvgIpc) is 3.18. The summed E-state index contributed by atoms with van der Waals surface area (Å²) in [5.74, 6) is -5.23. The molecule has 3 unspecified atom stereocenters. The number of hydrogen-bond donors (Lipinski definition) is 0. The largest absolute Gasteiger partial charge is 0.336 e. The van der Waals surface area contributed by atoms with Crippen molar-refractivity contribution in [3.05, 3.63) is 17.8 Å². The summed E-state index contributed by atoms with van der Waals surface area (Å²) in [5.41, 5.74) is 0.559. The van der Waals surface area contributed by atoms with Crippen LogP contribution in [0.25, 0.3) is 0 Å². The minimum absolute atomic E-state index is 0.0258. The molecule has 142 valence electrons. The summed E-state index contributed by atoms with van der Waals surface area (Å²) < 4.78 is 52.2. The van der Waals surface area contributed by atoms with Crippen LogP contribution in [0.4, 0.5) is 8.78 Å². The zero-order valence-electron chi connectivity index (χ0n) is 14.1. The van der Waals surface area contributed by atoms with Gasteiger partial charge in [-0.05, 0) is 31.9 Å². The zero-order chi connectivity index (χ0) is 19.1. The Kier molecular flexibility index (Phi) is 4.80. The van der Waals surface area contributed by atoms with Crippen molar-refractivity contribution >= 4 is 22.0 Å². The molecule has 1 saturated carbocycles. The predicted octanol–water partition coefficient (Wildman–Crippen LogP) is 1.02. The zero-order valence-corrected chi connectivity index (χ0v) is 15.0. The van der Waals surface area contributed by atoms with Gasteiger partial charge in [-0.2, -0.15) is 5.10 Å². The molecule has 7 nitrogen and oxygen atoms in total. The highest BCUT2D eigenvalue weighted by molar-refractivity contribution is 7.92. The van der Waals surface area contributed by atoms with Crippen LogP contribution >= 0.6 is 0 Å². The highest BCUT2D eigenvalue weighted by Gasteiger charge is 2.49. The topological polar surface area (TPSA) is 97.3 Å². The van der Waals surface area contributed by atoms with E-state index in [9.17, 15) is 26.8 Å². The van der Waals surface area contributed by atoms with E-state index in [4.69, 9.17) is 0 Å². The van der Waals surface area contributed by atoms with E-state index >= 15 is 0 Å². The van der Waals surface area contributed by atoms with Crippen LogP contribution in [0.3, 0.4) is 0 Å². The van der Waals surface area contributed by atoms with Gasteiger partial charge in [-0.1, -0.05) is 0 Å². The predicted molar refractivity (Wildman–Crippen MR) is 86.2 cm³/mol. The number of nitrogens with zero attached hydrogens (tertiary/aromatic N) is 3. The van der Waals surface area contributed by atoms with Gasteiger partial charge < -0.3 is 9.69 Å². The van der Waals surface area contributed by atoms with Crippen molar-refractivity contribution in [2.75, 3.05) is 13.1 Å². The third-order valence-corrected chi connectivity index (χ3v) is 7.11. The molecule has 0 N–H and O–H groups in total. The summed E-state index contributed by atoms with van der Waals surface area (Å²) in [6.45, 7) is 0.894. The van der Waals surface area contributed by atoms with Gasteiger partial charge >= 0.3 is 0 Å². The summed E-state index contributed by atoms with van der Waals surface area (Å²) in [6.07, 6.45) is 0.0231. The van der Waals surface area contributed by atoms with Gasteiger partial charge in [0.25, 0.3) is 5.92 Å². The van der Waals surface area contributed by atoms with Crippen LogP contribution in [0.2, 0.25) is 0 Å². The van der Waals surface area contributed by atoms with Gasteiger partial charge in [0.2, 0.25) is 5.91 Å². The van der Waals surface area contributed by atoms with E-state index in [1.165, 1.54) is 12.1 Å². The molecule has 1 amide bonds. The van der Waals surface area contributed by atoms with Gasteiger partial charge in [0.15, 0.2) is 14.9 Å². The van der Waals surface area contributed by atoms with Crippen molar-refractivity contribution in [3.63, 3.8) is 0 Å². The molecular weight excluding hydrogens is 368 g/mol. The molecule has 26 heavy (non-hydrogen) atoms. The van der Waals surface area contributed by atoms with Crippen molar-refractivity contribution in [1.29, 1.82) is 0 Å². The molecule has 2 fully saturated rings. The maximum absolute atomic E-state index is 13.4. The molecule has 2 aliphatic rings. The summed E-state index contributed by atoms with van der Waals surface area (Å²) in [4.78, 5) is 25.0. The number of aryl methyl sites for hydroxylation is 1. The summed E-state index contributed by atoms with van der Waals surface area (Å²) >= 11 is 0. The molecule has 0 aromatic carbocycles. The standard InChI is InChI=1S/C16H19F2N3O4S/c1-10-2-3-14(20-19-10)26(24,25)12-6-11(8-22)13(7-12)15(23)21-5-4-16(17,18)9-21/h2-3,8,11-13H,4-7,9H2,1H3. The Morgan fingerprint density at radius 3 is 2.58 bits per heavy atom. The normalized spacial score (nSPS) is 28.3. The van der Waals surface area contributed by atoms with Crippen LogP contribution in [-0.4, -0.2) is 60.0 Å². The minimum Gasteiger partial charge on any atom is -0.336 e. The lowest BCUT2D eigenvalue weighted by Crippen LogP contribution is -2.38. The minimum atomic E-state index is -3.86. The molecule has 0 radical (unpaired) electrons. The molecular formula is C16H19F2N3O4S. The molecule has 1 aromatic heterocycles. The Morgan fingerprint density at radius 2 is 2.04 bits per heavy atom. The van der Waals surface area contributed by atoms with Gasteiger partial charge in [0, 0.05) is 24.8 Å². The van der Waals surface area contributed by atoms with Crippen LogP contribution in [0.15, 0.2) is 17.2 Å². The van der Waals surface area contributed by atoms with Crippen LogP contribution < -0.4 is 0 Å². The fourth-order valence-corrected chi connectivity index (χ4v) is 5.27. The lowest BCUT2D eigenvalue weighted by Gasteiger charge is -2.22. The first-order valence-corrected chi connectivity index (χ1v) is 9.85. The van der Waals surface area contributed by atoms with Crippen molar-refractivity contribution in [1.82, 2.24) is 15.1 Å². The van der Waals surface area contributed by atoms with E-state index in [1.807, 2.05) is 0 Å². The van der Waals surface area contributed by atoms with Gasteiger partial charge in [-0.25, -0.2) is 17.2 Å². The van der Waals surface area contributed by atoms with Crippen molar-refractivity contribution in [2.45, 2.75) is 42.4 Å². The highest BCUT2D eigenvalue weighted by atomic mass is 32.2. The van der Waals surface area contributed by atoms with E-state index in [2.05, 4.69) is 10.2 Å². The summed E-state index contributed by atoms with van der Waals surface area (Å²) in [6, 6.07) is 2.85. The number of alkyl halides is 2. The second kappa shape index (κ2) is 6.64. The maximum Gasteiger partial charge on any atom is 0.267 e. The smallest absolute Gasteiger partial charge is 0.267 e. The summed E-state index contributed by atoms with van der Waals surface area (Å²) in [7, 11) is -3.86. The van der Waals surface area contributed by atoms with E-state index in [0.29, 0.717) is 12.0 Å². The number of likely N-dealkylation sites (tertiary alicyclic amines) is 1. The van der Waals surface area contributed by atoms with Crippen LogP contribution in [0, 0.1) is 18.8 Å². The molecule has 3 rings (SSSR count). The monoisotopic (exact) mass is 387 g/mol. The van der Waals surface area contributed by atoms with E-state index in [1.54, 1.807) is 6.92 Å². The van der Waals surface area contributed by atoms with Crippen LogP contribution in [-0.2, 0) is 19.4 Å². The molecule has 0 spiro atoms. The number of rotatable bonds is 4. The van der Waals surface area contributed by atoms with E-state index in [-0.39, 0.29) is 24.4 Å². The molecule has 3 atom stereocenters. The van der Waals surface area contributed by atoms with E-state index < -0.39 is 51.7 Å². The maximum atomic E-state index is 13.4. The molecule has 1 aliphatic heterocycles. The molecule has 2 heterocycles. The number of carbonyl (C=O) groups excluding carboxylic acids is 2. The first kappa shape index (κ1) is 18.8. The Labute approximate surface area is 149 Å². The third-order valence-electron chi connectivity index (χ3n) is 5.05. The van der Waals surface area contributed by atoms with E-state index in [0.717, 1.165) is 4.90 Å². The Hall–Kier alpha value is -1.97. The number of sulfone groups is 1. The number of carbonyl (C=O) groups is 2. The average molecular weight is 387 g/mol. The number of halogens is 2. The first-order chi connectivity index (χ1) is 12.1. The van der Waals surface area contributed by atoms with Crippen LogP contribution in [0.5, 0.6) is 0 Å². The first-order valence-electron chi connectivity index (χ1n) is 8.30. The van der Waals surface area contributed by atoms with Gasteiger partial charge in [0.05, 0.1) is 17.5 Å². The fourth-order valence-electron chi connectivity index (χ4n) is 3.58.